The second-order valence-corrected chi connectivity index (χ2v) is 5.05. The van der Waals surface area contributed by atoms with E-state index in [2.05, 4.69) is 27.9 Å². The van der Waals surface area contributed by atoms with Crippen LogP contribution in [0.25, 0.3) is 0 Å². The van der Waals surface area contributed by atoms with Gasteiger partial charge >= 0.3 is 0 Å². The molecule has 0 aliphatic rings. The molecule has 0 amide bonds. The minimum atomic E-state index is 0.602. The summed E-state index contributed by atoms with van der Waals surface area (Å²) in [4.78, 5) is 0. The summed E-state index contributed by atoms with van der Waals surface area (Å²) < 4.78 is 6.86. The van der Waals surface area contributed by atoms with Crippen molar-refractivity contribution in [2.45, 2.75) is 13.0 Å². The summed E-state index contributed by atoms with van der Waals surface area (Å²) in [5, 5.41) is 11.2. The van der Waals surface area contributed by atoms with Gasteiger partial charge in [0.15, 0.2) is 5.11 Å². The lowest BCUT2D eigenvalue weighted by Gasteiger charge is -2.08. The SMILES string of the molecule is COCCCNC(=S)Nc1cnn(Cc2ccccc2)c1. The number of benzene rings is 1. The average Bonchev–Trinajstić information content (AvgIpc) is 2.92. The molecule has 0 aliphatic carbocycles. The second kappa shape index (κ2) is 8.39. The van der Waals surface area contributed by atoms with Crippen molar-refractivity contribution in [1.82, 2.24) is 15.1 Å². The third kappa shape index (κ3) is 5.53. The Labute approximate surface area is 130 Å². The highest BCUT2D eigenvalue weighted by Gasteiger charge is 2.01. The fraction of sp³-hybridized carbons (Fsp3) is 0.333. The van der Waals surface area contributed by atoms with Gasteiger partial charge in [0.1, 0.15) is 0 Å². The van der Waals surface area contributed by atoms with Crippen molar-refractivity contribution in [3.05, 3.63) is 48.3 Å². The Morgan fingerprint density at radius 2 is 2.14 bits per heavy atom. The predicted molar refractivity (Wildman–Crippen MR) is 88.5 cm³/mol. The molecule has 0 fully saturated rings. The van der Waals surface area contributed by atoms with Crippen LogP contribution in [0.1, 0.15) is 12.0 Å². The maximum atomic E-state index is 5.22. The van der Waals surface area contributed by atoms with E-state index in [-0.39, 0.29) is 0 Å². The monoisotopic (exact) mass is 304 g/mol. The number of nitrogens with one attached hydrogen (secondary N) is 2. The van der Waals surface area contributed by atoms with Crippen LogP contribution in [0.15, 0.2) is 42.7 Å². The van der Waals surface area contributed by atoms with Crippen LogP contribution in [-0.2, 0) is 11.3 Å². The molecule has 2 N–H and O–H groups in total. The fourth-order valence-corrected chi connectivity index (χ4v) is 2.10. The summed E-state index contributed by atoms with van der Waals surface area (Å²) in [6.07, 6.45) is 4.63. The zero-order valence-electron chi connectivity index (χ0n) is 12.1. The van der Waals surface area contributed by atoms with Crippen LogP contribution < -0.4 is 10.6 Å². The van der Waals surface area contributed by atoms with Gasteiger partial charge in [0, 0.05) is 26.5 Å². The Morgan fingerprint density at radius 3 is 2.90 bits per heavy atom. The Bertz CT molecular complexity index is 556. The lowest BCUT2D eigenvalue weighted by atomic mass is 10.2. The molecule has 0 unspecified atom stereocenters. The molecule has 0 saturated carbocycles. The van der Waals surface area contributed by atoms with Crippen LogP contribution >= 0.6 is 12.2 Å². The van der Waals surface area contributed by atoms with Crippen LogP contribution in [0.3, 0.4) is 0 Å². The molecule has 2 aromatic rings. The first-order valence-corrected chi connectivity index (χ1v) is 7.29. The lowest BCUT2D eigenvalue weighted by Crippen LogP contribution is -2.29. The van der Waals surface area contributed by atoms with Crippen LogP contribution in [-0.4, -0.2) is 35.2 Å². The molecule has 1 heterocycles. The first-order chi connectivity index (χ1) is 10.3. The van der Waals surface area contributed by atoms with Gasteiger partial charge in [-0.05, 0) is 24.2 Å². The van der Waals surface area contributed by atoms with Crippen LogP contribution in [0.5, 0.6) is 0 Å². The lowest BCUT2D eigenvalue weighted by molar-refractivity contribution is 0.196. The van der Waals surface area contributed by atoms with E-state index in [4.69, 9.17) is 17.0 Å². The number of ether oxygens (including phenoxy) is 1. The van der Waals surface area contributed by atoms with E-state index in [0.717, 1.165) is 31.8 Å². The third-order valence-corrected chi connectivity index (χ3v) is 3.14. The summed E-state index contributed by atoms with van der Waals surface area (Å²) in [5.41, 5.74) is 2.10. The van der Waals surface area contributed by atoms with Crippen molar-refractivity contribution < 1.29 is 4.74 Å². The van der Waals surface area contributed by atoms with Gasteiger partial charge in [-0.3, -0.25) is 4.68 Å². The third-order valence-electron chi connectivity index (χ3n) is 2.89. The molecular formula is C15H20N4OS. The van der Waals surface area contributed by atoms with Crippen molar-refractivity contribution in [2.75, 3.05) is 25.6 Å². The summed E-state index contributed by atoms with van der Waals surface area (Å²) in [6, 6.07) is 10.2. The van der Waals surface area contributed by atoms with Crippen molar-refractivity contribution in [3.8, 4) is 0 Å². The molecule has 5 nitrogen and oxygen atoms in total. The number of rotatable bonds is 7. The summed E-state index contributed by atoms with van der Waals surface area (Å²) in [7, 11) is 1.69. The molecule has 6 heteroatoms. The van der Waals surface area contributed by atoms with E-state index < -0.39 is 0 Å². The number of nitrogens with zero attached hydrogens (tertiary/aromatic N) is 2. The number of thiocarbonyl (C=S) groups is 1. The van der Waals surface area contributed by atoms with Crippen LogP contribution in [0.2, 0.25) is 0 Å². The van der Waals surface area contributed by atoms with Gasteiger partial charge in [-0.2, -0.15) is 5.10 Å². The topological polar surface area (TPSA) is 51.1 Å². The molecule has 0 radical (unpaired) electrons. The van der Waals surface area contributed by atoms with Crippen molar-refractivity contribution >= 4 is 23.0 Å². The molecule has 1 aromatic carbocycles. The Kier molecular flexibility index (Phi) is 6.18. The second-order valence-electron chi connectivity index (χ2n) is 4.64. The van der Waals surface area contributed by atoms with E-state index in [1.807, 2.05) is 29.1 Å². The molecule has 2 rings (SSSR count). The van der Waals surface area contributed by atoms with Crippen LogP contribution in [0.4, 0.5) is 5.69 Å². The van der Waals surface area contributed by atoms with Crippen molar-refractivity contribution in [1.29, 1.82) is 0 Å². The normalized spacial score (nSPS) is 10.3. The fourth-order valence-electron chi connectivity index (χ4n) is 1.88. The Hall–Kier alpha value is -1.92. The van der Waals surface area contributed by atoms with E-state index in [1.165, 1.54) is 5.56 Å². The molecular weight excluding hydrogens is 284 g/mol. The quantitative estimate of drug-likeness (QED) is 0.607. The van der Waals surface area contributed by atoms with Gasteiger partial charge in [-0.1, -0.05) is 30.3 Å². The van der Waals surface area contributed by atoms with Crippen molar-refractivity contribution in [2.24, 2.45) is 0 Å². The maximum absolute atomic E-state index is 5.22. The number of aromatic nitrogens is 2. The average molecular weight is 304 g/mol. The van der Waals surface area contributed by atoms with E-state index in [0.29, 0.717) is 5.11 Å². The highest BCUT2D eigenvalue weighted by atomic mass is 32.1. The highest BCUT2D eigenvalue weighted by Crippen LogP contribution is 2.07. The molecule has 0 atom stereocenters. The molecule has 112 valence electrons. The van der Waals surface area contributed by atoms with Gasteiger partial charge in [-0.25, -0.2) is 0 Å². The minimum Gasteiger partial charge on any atom is -0.385 e. The molecule has 1 aromatic heterocycles. The Balaban J connectivity index is 1.79. The minimum absolute atomic E-state index is 0.602. The number of methoxy groups -OCH3 is 1. The molecule has 21 heavy (non-hydrogen) atoms. The van der Waals surface area contributed by atoms with Gasteiger partial charge in [0.05, 0.1) is 18.4 Å². The maximum Gasteiger partial charge on any atom is 0.170 e. The highest BCUT2D eigenvalue weighted by molar-refractivity contribution is 7.80. The smallest absolute Gasteiger partial charge is 0.170 e. The summed E-state index contributed by atoms with van der Waals surface area (Å²) in [5.74, 6) is 0. The molecule has 0 spiro atoms. The first-order valence-electron chi connectivity index (χ1n) is 6.88. The Morgan fingerprint density at radius 1 is 1.33 bits per heavy atom. The number of hydrogen-bond acceptors (Lipinski definition) is 3. The predicted octanol–water partition coefficient (Wildman–Crippen LogP) is 2.25. The number of anilines is 1. The standard InChI is InChI=1S/C15H20N4OS/c1-20-9-5-8-16-15(21)18-14-10-17-19(12-14)11-13-6-3-2-4-7-13/h2-4,6-7,10,12H,5,8-9,11H2,1H3,(H2,16,18,21). The molecule has 0 saturated heterocycles. The van der Waals surface area contributed by atoms with Gasteiger partial charge in [0.25, 0.3) is 0 Å². The zero-order chi connectivity index (χ0) is 14.9. The van der Waals surface area contributed by atoms with Gasteiger partial charge in [-0.15, -0.1) is 0 Å². The molecule has 0 bridgehead atoms. The zero-order valence-corrected chi connectivity index (χ0v) is 12.9. The first kappa shape index (κ1) is 15.5. The summed E-state index contributed by atoms with van der Waals surface area (Å²) in [6.45, 7) is 2.26. The largest absolute Gasteiger partial charge is 0.385 e. The van der Waals surface area contributed by atoms with Gasteiger partial charge < -0.3 is 15.4 Å². The van der Waals surface area contributed by atoms with E-state index in [9.17, 15) is 0 Å². The van der Waals surface area contributed by atoms with Crippen LogP contribution in [0, 0.1) is 0 Å². The van der Waals surface area contributed by atoms with E-state index in [1.54, 1.807) is 13.3 Å². The van der Waals surface area contributed by atoms with Crippen molar-refractivity contribution in [3.63, 3.8) is 0 Å². The molecule has 0 aliphatic heterocycles. The number of hydrogen-bond donors (Lipinski definition) is 2. The van der Waals surface area contributed by atoms with E-state index >= 15 is 0 Å². The van der Waals surface area contributed by atoms with Gasteiger partial charge in [0.2, 0.25) is 0 Å². The summed E-state index contributed by atoms with van der Waals surface area (Å²) >= 11 is 5.22.